The number of aromatic nitrogens is 1. The highest BCUT2D eigenvalue weighted by Gasteiger charge is 2.42. The van der Waals surface area contributed by atoms with Crippen LogP contribution < -0.4 is 0 Å². The lowest BCUT2D eigenvalue weighted by molar-refractivity contribution is -0.0444. The first-order chi connectivity index (χ1) is 11.8. The van der Waals surface area contributed by atoms with Gasteiger partial charge in [0, 0.05) is 24.2 Å². The number of pyridine rings is 1. The summed E-state index contributed by atoms with van der Waals surface area (Å²) in [4.78, 5) is 8.83. The van der Waals surface area contributed by atoms with Gasteiger partial charge in [-0.15, -0.1) is 6.58 Å². The summed E-state index contributed by atoms with van der Waals surface area (Å²) >= 11 is 2.15. The maximum atomic E-state index is 11.0. The SMILES string of the molecule is C=C[C@H]1C[N@]2CC[C@H]1C[C@H]2[C@H](O)c1ccnc2ccccc12.CI. The minimum atomic E-state index is -0.443. The van der Waals surface area contributed by atoms with Crippen molar-refractivity contribution in [3.8, 4) is 0 Å². The number of fused-ring (bicyclic) bond motifs is 4. The van der Waals surface area contributed by atoms with Crippen molar-refractivity contribution < 1.29 is 5.11 Å². The molecule has 3 saturated heterocycles. The van der Waals surface area contributed by atoms with Gasteiger partial charge in [0.15, 0.2) is 0 Å². The highest BCUT2D eigenvalue weighted by molar-refractivity contribution is 14.1. The lowest BCUT2D eigenvalue weighted by Gasteiger charge is -2.50. The second-order valence-electron chi connectivity index (χ2n) is 6.61. The predicted molar refractivity (Wildman–Crippen MR) is 108 cm³/mol. The van der Waals surface area contributed by atoms with Crippen LogP contribution >= 0.6 is 22.6 Å². The van der Waals surface area contributed by atoms with Crippen LogP contribution in [-0.2, 0) is 0 Å². The molecule has 5 atom stereocenters. The van der Waals surface area contributed by atoms with E-state index in [0.717, 1.165) is 36.0 Å². The highest BCUT2D eigenvalue weighted by Crippen LogP contribution is 2.41. The van der Waals surface area contributed by atoms with Gasteiger partial charge in [-0.3, -0.25) is 9.88 Å². The van der Waals surface area contributed by atoms with Crippen LogP contribution in [0.5, 0.6) is 0 Å². The van der Waals surface area contributed by atoms with Crippen LogP contribution in [-0.4, -0.2) is 39.1 Å². The molecule has 1 N–H and O–H groups in total. The van der Waals surface area contributed by atoms with Gasteiger partial charge in [-0.25, -0.2) is 0 Å². The number of benzene rings is 1. The van der Waals surface area contributed by atoms with Gasteiger partial charge < -0.3 is 5.11 Å². The first-order valence-electron chi connectivity index (χ1n) is 8.54. The summed E-state index contributed by atoms with van der Waals surface area (Å²) in [6.07, 6.45) is 5.76. The number of para-hydroxylation sites is 1. The molecule has 24 heavy (non-hydrogen) atoms. The molecule has 0 saturated carbocycles. The van der Waals surface area contributed by atoms with Crippen LogP contribution in [0.2, 0.25) is 0 Å². The third kappa shape index (κ3) is 3.24. The van der Waals surface area contributed by atoms with Gasteiger partial charge in [-0.05, 0) is 53.8 Å². The largest absolute Gasteiger partial charge is 0.387 e. The molecule has 3 aliphatic rings. The van der Waals surface area contributed by atoms with Crippen LogP contribution in [0.1, 0.15) is 24.5 Å². The summed E-state index contributed by atoms with van der Waals surface area (Å²) < 4.78 is 0. The molecule has 0 unspecified atom stereocenters. The fourth-order valence-corrected chi connectivity index (χ4v) is 4.29. The molecule has 2 aromatic rings. The molecule has 4 heteroatoms. The van der Waals surface area contributed by atoms with Crippen molar-refractivity contribution in [2.75, 3.05) is 18.0 Å². The molecule has 5 rings (SSSR count). The van der Waals surface area contributed by atoms with Gasteiger partial charge in [0.2, 0.25) is 0 Å². The Bertz CT molecular complexity index is 700. The third-order valence-electron chi connectivity index (χ3n) is 5.52. The molecular formula is C20H25IN2O. The van der Waals surface area contributed by atoms with Gasteiger partial charge in [0.25, 0.3) is 0 Å². The predicted octanol–water partition coefficient (Wildman–Crippen LogP) is 4.22. The number of alkyl halides is 1. The Hall–Kier alpha value is -0.980. The smallest absolute Gasteiger partial charge is 0.0952 e. The quantitative estimate of drug-likeness (QED) is 0.445. The molecule has 1 aromatic carbocycles. The topological polar surface area (TPSA) is 36.4 Å². The van der Waals surface area contributed by atoms with E-state index in [1.165, 1.54) is 6.42 Å². The van der Waals surface area contributed by atoms with Crippen molar-refractivity contribution in [2.45, 2.75) is 25.0 Å². The van der Waals surface area contributed by atoms with E-state index >= 15 is 0 Å². The van der Waals surface area contributed by atoms with E-state index in [4.69, 9.17) is 0 Å². The van der Waals surface area contributed by atoms with E-state index in [0.29, 0.717) is 11.8 Å². The van der Waals surface area contributed by atoms with Crippen LogP contribution in [0, 0.1) is 11.8 Å². The third-order valence-corrected chi connectivity index (χ3v) is 5.52. The van der Waals surface area contributed by atoms with Crippen LogP contribution in [0.3, 0.4) is 0 Å². The second-order valence-corrected chi connectivity index (χ2v) is 6.61. The fraction of sp³-hybridized carbons (Fsp3) is 0.450. The van der Waals surface area contributed by atoms with Crippen molar-refractivity contribution in [1.82, 2.24) is 9.88 Å². The standard InChI is InChI=1S/C19H22N2O.CH3I/c1-2-13-12-21-10-8-14(13)11-18(21)19(22)16-7-9-20-17-6-4-3-5-15(16)17;1-2/h2-7,9,13-14,18-19,22H,1,8,10-12H2;1H3/t13-,14-,18-,19+;/m0./s1. The summed E-state index contributed by atoms with van der Waals surface area (Å²) in [6.45, 7) is 6.11. The number of halogens is 1. The van der Waals surface area contributed by atoms with Gasteiger partial charge in [-0.1, -0.05) is 46.9 Å². The monoisotopic (exact) mass is 436 g/mol. The Morgan fingerprint density at radius 2 is 2.12 bits per heavy atom. The Morgan fingerprint density at radius 1 is 1.33 bits per heavy atom. The first kappa shape index (κ1) is 17.8. The lowest BCUT2D eigenvalue weighted by Crippen LogP contribution is -2.54. The van der Waals surface area contributed by atoms with Gasteiger partial charge in [0.1, 0.15) is 0 Å². The Kier molecular flexibility index (Phi) is 5.89. The van der Waals surface area contributed by atoms with Crippen molar-refractivity contribution >= 4 is 33.5 Å². The van der Waals surface area contributed by atoms with Crippen LogP contribution in [0.15, 0.2) is 49.2 Å². The zero-order chi connectivity index (χ0) is 17.1. The zero-order valence-corrected chi connectivity index (χ0v) is 16.3. The van der Waals surface area contributed by atoms with Crippen LogP contribution in [0.4, 0.5) is 0 Å². The molecule has 0 radical (unpaired) electrons. The molecular weight excluding hydrogens is 411 g/mol. The van der Waals surface area contributed by atoms with E-state index in [1.54, 1.807) is 0 Å². The van der Waals surface area contributed by atoms with Gasteiger partial charge >= 0.3 is 0 Å². The Morgan fingerprint density at radius 3 is 2.83 bits per heavy atom. The number of piperidine rings is 3. The molecule has 0 aliphatic carbocycles. The van der Waals surface area contributed by atoms with E-state index in [-0.39, 0.29) is 6.04 Å². The van der Waals surface area contributed by atoms with E-state index < -0.39 is 6.10 Å². The average Bonchev–Trinajstić information content (AvgIpc) is 2.68. The van der Waals surface area contributed by atoms with Crippen molar-refractivity contribution in [1.29, 1.82) is 0 Å². The Balaban J connectivity index is 0.000000815. The zero-order valence-electron chi connectivity index (χ0n) is 14.1. The molecule has 1 aromatic heterocycles. The molecule has 3 fully saturated rings. The molecule has 3 aliphatic heterocycles. The molecule has 3 nitrogen and oxygen atoms in total. The number of nitrogens with zero attached hydrogens (tertiary/aromatic N) is 2. The number of hydrogen-bond donors (Lipinski definition) is 1. The fourth-order valence-electron chi connectivity index (χ4n) is 4.29. The maximum Gasteiger partial charge on any atom is 0.0952 e. The summed E-state index contributed by atoms with van der Waals surface area (Å²) in [7, 11) is 0. The highest BCUT2D eigenvalue weighted by atomic mass is 127. The average molecular weight is 436 g/mol. The molecule has 2 bridgehead atoms. The van der Waals surface area contributed by atoms with E-state index in [1.807, 2.05) is 35.4 Å². The van der Waals surface area contributed by atoms with E-state index in [2.05, 4.69) is 51.2 Å². The molecule has 0 amide bonds. The van der Waals surface area contributed by atoms with Crippen molar-refractivity contribution in [3.05, 3.63) is 54.7 Å². The van der Waals surface area contributed by atoms with E-state index in [9.17, 15) is 5.11 Å². The minimum Gasteiger partial charge on any atom is -0.387 e. The van der Waals surface area contributed by atoms with Gasteiger partial charge in [-0.2, -0.15) is 0 Å². The summed E-state index contributed by atoms with van der Waals surface area (Å²) in [6, 6.07) is 10.3. The minimum absolute atomic E-state index is 0.223. The second kappa shape index (κ2) is 7.93. The summed E-state index contributed by atoms with van der Waals surface area (Å²) in [5, 5.41) is 12.1. The summed E-state index contributed by atoms with van der Waals surface area (Å²) in [5.41, 5.74) is 1.97. The maximum absolute atomic E-state index is 11.0. The molecule has 128 valence electrons. The van der Waals surface area contributed by atoms with Crippen LogP contribution in [0.25, 0.3) is 10.9 Å². The number of rotatable bonds is 3. The van der Waals surface area contributed by atoms with Crippen molar-refractivity contribution in [3.63, 3.8) is 0 Å². The summed E-state index contributed by atoms with van der Waals surface area (Å²) in [5.74, 6) is 1.27. The number of hydrogen-bond acceptors (Lipinski definition) is 3. The number of aliphatic hydroxyl groups is 1. The van der Waals surface area contributed by atoms with Gasteiger partial charge in [0.05, 0.1) is 11.6 Å². The normalized spacial score (nSPS) is 29.6. The number of aliphatic hydroxyl groups excluding tert-OH is 1. The molecule has 0 spiro atoms. The first-order valence-corrected chi connectivity index (χ1v) is 10.7. The lowest BCUT2D eigenvalue weighted by atomic mass is 9.73. The Labute approximate surface area is 157 Å². The van der Waals surface area contributed by atoms with Crippen molar-refractivity contribution in [2.24, 2.45) is 11.8 Å². The molecule has 4 heterocycles.